The summed E-state index contributed by atoms with van der Waals surface area (Å²) in [5.74, 6) is 0.805. The Morgan fingerprint density at radius 2 is 1.59 bits per heavy atom. The second kappa shape index (κ2) is 7.04. The van der Waals surface area contributed by atoms with Crippen LogP contribution in [0.2, 0.25) is 0 Å². The van der Waals surface area contributed by atoms with E-state index in [1.54, 1.807) is 31.4 Å². The van der Waals surface area contributed by atoms with Crippen LogP contribution >= 0.6 is 0 Å². The Hall–Kier alpha value is -2.27. The fourth-order valence-electron chi connectivity index (χ4n) is 4.49. The van der Waals surface area contributed by atoms with Gasteiger partial charge in [0.15, 0.2) is 0 Å². The summed E-state index contributed by atoms with van der Waals surface area (Å²) in [5.41, 5.74) is 3.26. The highest BCUT2D eigenvalue weighted by Crippen LogP contribution is 2.54. The maximum atomic E-state index is 12.9. The largest absolute Gasteiger partial charge is 0.497 e. The van der Waals surface area contributed by atoms with Gasteiger partial charge in [-0.3, -0.25) is 4.72 Å². The summed E-state index contributed by atoms with van der Waals surface area (Å²) in [6.45, 7) is 0. The van der Waals surface area contributed by atoms with Crippen LogP contribution in [0.25, 0.3) is 5.57 Å². The van der Waals surface area contributed by atoms with Crippen molar-refractivity contribution in [2.45, 2.75) is 43.4 Å². The molecular weight excluding hydrogens is 358 g/mol. The van der Waals surface area contributed by atoms with E-state index in [1.807, 2.05) is 30.3 Å². The van der Waals surface area contributed by atoms with Crippen LogP contribution in [0.3, 0.4) is 0 Å². The molecule has 0 aliphatic heterocycles. The first-order valence-corrected chi connectivity index (χ1v) is 10.9. The molecule has 0 atom stereocenters. The monoisotopic (exact) mass is 383 g/mol. The van der Waals surface area contributed by atoms with Crippen molar-refractivity contribution in [1.29, 1.82) is 0 Å². The molecule has 5 heteroatoms. The molecule has 0 aromatic heterocycles. The van der Waals surface area contributed by atoms with Crippen molar-refractivity contribution in [2.75, 3.05) is 7.11 Å². The fraction of sp³-hybridized carbons (Fsp3) is 0.364. The van der Waals surface area contributed by atoms with Crippen LogP contribution in [-0.2, 0) is 10.0 Å². The Morgan fingerprint density at radius 1 is 0.926 bits per heavy atom. The molecule has 0 amide bonds. The molecule has 1 saturated carbocycles. The number of nitrogens with one attached hydrogen (secondary N) is 1. The maximum Gasteiger partial charge on any atom is 0.261 e. The van der Waals surface area contributed by atoms with Crippen LogP contribution < -0.4 is 9.46 Å². The van der Waals surface area contributed by atoms with Gasteiger partial charge in [-0.2, -0.15) is 0 Å². The number of ether oxygens (including phenoxy) is 1. The first kappa shape index (κ1) is 18.1. The van der Waals surface area contributed by atoms with Crippen molar-refractivity contribution in [2.24, 2.45) is 5.41 Å². The summed E-state index contributed by atoms with van der Waals surface area (Å²) in [7, 11) is -1.93. The lowest BCUT2D eigenvalue weighted by atomic mass is 9.82. The van der Waals surface area contributed by atoms with Gasteiger partial charge in [0.2, 0.25) is 0 Å². The predicted molar refractivity (Wildman–Crippen MR) is 107 cm³/mol. The molecular formula is C22H25NO3S. The third-order valence-corrected chi connectivity index (χ3v) is 7.29. The van der Waals surface area contributed by atoms with E-state index in [2.05, 4.69) is 4.72 Å². The zero-order valence-corrected chi connectivity index (χ0v) is 16.4. The van der Waals surface area contributed by atoms with Crippen molar-refractivity contribution in [3.8, 4) is 5.75 Å². The summed E-state index contributed by atoms with van der Waals surface area (Å²) in [4.78, 5) is 0.305. The van der Waals surface area contributed by atoms with Crippen molar-refractivity contribution in [1.82, 2.24) is 4.72 Å². The number of rotatable bonds is 5. The number of methoxy groups -OCH3 is 1. The maximum absolute atomic E-state index is 12.9. The number of benzene rings is 2. The highest BCUT2D eigenvalue weighted by molar-refractivity contribution is 7.89. The molecule has 0 bridgehead atoms. The van der Waals surface area contributed by atoms with Gasteiger partial charge in [-0.15, -0.1) is 0 Å². The highest BCUT2D eigenvalue weighted by atomic mass is 32.2. The predicted octanol–water partition coefficient (Wildman–Crippen LogP) is 4.74. The lowest BCUT2D eigenvalue weighted by Gasteiger charge is -2.23. The third-order valence-electron chi connectivity index (χ3n) is 5.88. The summed E-state index contributed by atoms with van der Waals surface area (Å²) < 4.78 is 34.0. The zero-order valence-electron chi connectivity index (χ0n) is 15.6. The number of hydrogen-bond acceptors (Lipinski definition) is 3. The van der Waals surface area contributed by atoms with Gasteiger partial charge < -0.3 is 4.74 Å². The lowest BCUT2D eigenvalue weighted by molar-refractivity contribution is 0.319. The highest BCUT2D eigenvalue weighted by Gasteiger charge is 2.42. The average Bonchev–Trinajstić information content (AvgIpc) is 3.29. The number of hydrogen-bond donors (Lipinski definition) is 1. The fourth-order valence-corrected chi connectivity index (χ4v) is 5.64. The zero-order chi connectivity index (χ0) is 18.9. The third kappa shape index (κ3) is 3.61. The average molecular weight is 384 g/mol. The lowest BCUT2D eigenvalue weighted by Crippen LogP contribution is -2.24. The molecule has 4 rings (SSSR count). The minimum atomic E-state index is -3.58. The quantitative estimate of drug-likeness (QED) is 0.811. The molecule has 0 radical (unpaired) electrons. The van der Waals surface area contributed by atoms with Crippen LogP contribution in [-0.4, -0.2) is 15.5 Å². The minimum Gasteiger partial charge on any atom is -0.497 e. The second-order valence-corrected chi connectivity index (χ2v) is 9.35. The molecule has 2 aromatic rings. The standard InChI is InChI=1S/C22H25NO3S/c1-26-18-11-9-17(10-12-18)20-15-22(13-5-6-14-22)16-21(20)23-27(24,25)19-7-3-2-4-8-19/h2-4,7-12,23H,5-6,13-16H2,1H3. The van der Waals surface area contributed by atoms with E-state index in [4.69, 9.17) is 4.74 Å². The van der Waals surface area contributed by atoms with Crippen molar-refractivity contribution >= 4 is 15.6 Å². The Bertz CT molecular complexity index is 941. The van der Waals surface area contributed by atoms with Crippen LogP contribution in [0.15, 0.2) is 65.2 Å². The Morgan fingerprint density at radius 3 is 2.22 bits per heavy atom. The Kier molecular flexibility index (Phi) is 4.72. The topological polar surface area (TPSA) is 55.4 Å². The van der Waals surface area contributed by atoms with E-state index in [-0.39, 0.29) is 5.41 Å². The van der Waals surface area contributed by atoms with E-state index >= 15 is 0 Å². The molecule has 2 aliphatic rings. The molecule has 0 saturated heterocycles. The van der Waals surface area contributed by atoms with Crippen molar-refractivity contribution in [3.63, 3.8) is 0 Å². The summed E-state index contributed by atoms with van der Waals surface area (Å²) in [5, 5.41) is 0. The van der Waals surface area contributed by atoms with Crippen LogP contribution in [0, 0.1) is 5.41 Å². The normalized spacial score (nSPS) is 18.9. The molecule has 0 heterocycles. The van der Waals surface area contributed by atoms with E-state index in [9.17, 15) is 8.42 Å². The van der Waals surface area contributed by atoms with Gasteiger partial charge in [-0.1, -0.05) is 43.2 Å². The SMILES string of the molecule is COc1ccc(C2=C(NS(=O)(=O)c3ccccc3)CC3(CCCC3)C2)cc1. The second-order valence-electron chi connectivity index (χ2n) is 7.66. The van der Waals surface area contributed by atoms with Gasteiger partial charge >= 0.3 is 0 Å². The molecule has 2 aliphatic carbocycles. The first-order valence-electron chi connectivity index (χ1n) is 9.46. The van der Waals surface area contributed by atoms with Gasteiger partial charge in [-0.05, 0) is 66.5 Å². The smallest absolute Gasteiger partial charge is 0.261 e. The summed E-state index contributed by atoms with van der Waals surface area (Å²) in [6.07, 6.45) is 6.54. The molecule has 1 fully saturated rings. The van der Waals surface area contributed by atoms with Crippen LogP contribution in [0.4, 0.5) is 0 Å². The van der Waals surface area contributed by atoms with Crippen LogP contribution in [0.5, 0.6) is 5.75 Å². The van der Waals surface area contributed by atoms with Crippen LogP contribution in [0.1, 0.15) is 44.1 Å². The van der Waals surface area contributed by atoms with E-state index < -0.39 is 10.0 Å². The van der Waals surface area contributed by atoms with Gasteiger partial charge in [0.05, 0.1) is 12.0 Å². The summed E-state index contributed by atoms with van der Waals surface area (Å²) in [6, 6.07) is 16.5. The first-order chi connectivity index (χ1) is 13.0. The molecule has 2 aromatic carbocycles. The molecule has 1 spiro atoms. The summed E-state index contributed by atoms with van der Waals surface area (Å²) >= 11 is 0. The van der Waals surface area contributed by atoms with Gasteiger partial charge in [0, 0.05) is 5.70 Å². The van der Waals surface area contributed by atoms with Gasteiger partial charge in [-0.25, -0.2) is 8.42 Å². The molecule has 27 heavy (non-hydrogen) atoms. The van der Waals surface area contributed by atoms with Crippen molar-refractivity contribution in [3.05, 3.63) is 65.9 Å². The van der Waals surface area contributed by atoms with E-state index in [1.165, 1.54) is 25.7 Å². The van der Waals surface area contributed by atoms with E-state index in [0.29, 0.717) is 4.90 Å². The van der Waals surface area contributed by atoms with Crippen molar-refractivity contribution < 1.29 is 13.2 Å². The Balaban J connectivity index is 1.70. The van der Waals surface area contributed by atoms with Gasteiger partial charge in [0.25, 0.3) is 10.0 Å². The molecule has 4 nitrogen and oxygen atoms in total. The number of sulfonamides is 1. The molecule has 0 unspecified atom stereocenters. The minimum absolute atomic E-state index is 0.212. The molecule has 142 valence electrons. The Labute approximate surface area is 161 Å². The van der Waals surface area contributed by atoms with Gasteiger partial charge in [0.1, 0.15) is 5.75 Å². The molecule has 1 N–H and O–H groups in total. The number of allylic oxidation sites excluding steroid dienone is 2. The van der Waals surface area contributed by atoms with E-state index in [0.717, 1.165) is 35.4 Å².